The highest BCUT2D eigenvalue weighted by atomic mass is 32.2. The molecule has 0 aromatic heterocycles. The molecule has 1 saturated carbocycles. The van der Waals surface area contributed by atoms with Gasteiger partial charge in [0.2, 0.25) is 10.0 Å². The average molecular weight is 311 g/mol. The van der Waals surface area contributed by atoms with Crippen molar-refractivity contribution in [3.63, 3.8) is 0 Å². The molecule has 1 amide bonds. The first-order valence-electron chi connectivity index (χ1n) is 6.90. The van der Waals surface area contributed by atoms with Gasteiger partial charge in [-0.2, -0.15) is 0 Å². The highest BCUT2D eigenvalue weighted by Crippen LogP contribution is 2.30. The predicted octanol–water partition coefficient (Wildman–Crippen LogP) is 1.02. The molecule has 0 atom stereocenters. The molecule has 2 rings (SSSR count). The Balaban J connectivity index is 2.44. The third kappa shape index (κ3) is 3.36. The Labute approximate surface area is 125 Å². The van der Waals surface area contributed by atoms with E-state index >= 15 is 0 Å². The van der Waals surface area contributed by atoms with Crippen LogP contribution < -0.4 is 10.0 Å². The number of carbonyl (C=O) groups is 1. The number of sulfonamides is 1. The molecule has 1 aliphatic carbocycles. The Morgan fingerprint density at radius 1 is 1.33 bits per heavy atom. The van der Waals surface area contributed by atoms with Gasteiger partial charge >= 0.3 is 0 Å². The predicted molar refractivity (Wildman–Crippen MR) is 81.9 cm³/mol. The van der Waals surface area contributed by atoms with E-state index in [1.807, 2.05) is 6.92 Å². The zero-order chi connectivity index (χ0) is 15.8. The van der Waals surface area contributed by atoms with Crippen molar-refractivity contribution in [2.24, 2.45) is 5.14 Å². The van der Waals surface area contributed by atoms with Crippen molar-refractivity contribution in [1.29, 1.82) is 0 Å². The first-order chi connectivity index (χ1) is 9.75. The summed E-state index contributed by atoms with van der Waals surface area (Å²) in [6, 6.07) is 4.93. The standard InChI is InChI=1S/C14H21N3O3S/c1-4-17(11-6-7-11)14(18)10-5-8-12(16(2)3)13(9-10)21(15,19)20/h5,8-9,11H,4,6-7H2,1-3H3,(H2,15,19,20). The molecule has 0 radical (unpaired) electrons. The van der Waals surface area contributed by atoms with Gasteiger partial charge in [0, 0.05) is 32.2 Å². The molecule has 1 aliphatic rings. The molecular formula is C14H21N3O3S. The molecule has 1 fully saturated rings. The highest BCUT2D eigenvalue weighted by Gasteiger charge is 2.32. The van der Waals surface area contributed by atoms with Gasteiger partial charge in [0.1, 0.15) is 4.90 Å². The molecule has 0 bridgehead atoms. The molecule has 0 unspecified atom stereocenters. The van der Waals surface area contributed by atoms with Crippen LogP contribution in [0.15, 0.2) is 23.1 Å². The van der Waals surface area contributed by atoms with Crippen molar-refractivity contribution >= 4 is 21.6 Å². The van der Waals surface area contributed by atoms with Crippen LogP contribution in [0.25, 0.3) is 0 Å². The summed E-state index contributed by atoms with van der Waals surface area (Å²) >= 11 is 0. The van der Waals surface area contributed by atoms with E-state index in [9.17, 15) is 13.2 Å². The maximum Gasteiger partial charge on any atom is 0.254 e. The lowest BCUT2D eigenvalue weighted by Gasteiger charge is -2.22. The lowest BCUT2D eigenvalue weighted by Crippen LogP contribution is -2.33. The third-order valence-electron chi connectivity index (χ3n) is 3.58. The maximum atomic E-state index is 12.5. The Morgan fingerprint density at radius 3 is 2.38 bits per heavy atom. The molecule has 116 valence electrons. The smallest absolute Gasteiger partial charge is 0.254 e. The SMILES string of the molecule is CCN(C(=O)c1ccc(N(C)C)c(S(N)(=O)=O)c1)C1CC1. The quantitative estimate of drug-likeness (QED) is 0.880. The molecule has 0 saturated heterocycles. The van der Waals surface area contributed by atoms with Crippen LogP contribution in [0, 0.1) is 0 Å². The van der Waals surface area contributed by atoms with Crippen molar-refractivity contribution in [2.75, 3.05) is 25.5 Å². The monoisotopic (exact) mass is 311 g/mol. The summed E-state index contributed by atoms with van der Waals surface area (Å²) in [4.78, 5) is 15.9. The highest BCUT2D eigenvalue weighted by molar-refractivity contribution is 7.89. The first-order valence-corrected chi connectivity index (χ1v) is 8.45. The van der Waals surface area contributed by atoms with Gasteiger partial charge in [-0.1, -0.05) is 0 Å². The second-order valence-corrected chi connectivity index (χ2v) is 6.97. The number of rotatable bonds is 5. The van der Waals surface area contributed by atoms with Gasteiger partial charge in [-0.05, 0) is 38.0 Å². The van der Waals surface area contributed by atoms with Gasteiger partial charge in [-0.3, -0.25) is 4.79 Å². The fraction of sp³-hybridized carbons (Fsp3) is 0.500. The fourth-order valence-electron chi connectivity index (χ4n) is 2.36. The van der Waals surface area contributed by atoms with E-state index in [1.54, 1.807) is 36.0 Å². The van der Waals surface area contributed by atoms with Crippen molar-refractivity contribution in [3.05, 3.63) is 23.8 Å². The van der Waals surface area contributed by atoms with Crippen LogP contribution in [0.3, 0.4) is 0 Å². The minimum absolute atomic E-state index is 0.0230. The summed E-state index contributed by atoms with van der Waals surface area (Å²) < 4.78 is 23.5. The van der Waals surface area contributed by atoms with Crippen LogP contribution in [0.1, 0.15) is 30.1 Å². The lowest BCUT2D eigenvalue weighted by atomic mass is 10.1. The zero-order valence-electron chi connectivity index (χ0n) is 12.5. The number of nitrogens with two attached hydrogens (primary N) is 1. The Bertz CT molecular complexity index is 651. The number of carbonyl (C=O) groups excluding carboxylic acids is 1. The van der Waals surface area contributed by atoms with Crippen LogP contribution >= 0.6 is 0 Å². The minimum Gasteiger partial charge on any atom is -0.377 e. The van der Waals surface area contributed by atoms with Crippen LogP contribution in [0.4, 0.5) is 5.69 Å². The van der Waals surface area contributed by atoms with Crippen LogP contribution in [-0.2, 0) is 10.0 Å². The number of primary sulfonamides is 1. The minimum atomic E-state index is -3.88. The van der Waals surface area contributed by atoms with E-state index in [2.05, 4.69) is 0 Å². The molecule has 1 aromatic carbocycles. The summed E-state index contributed by atoms with van der Waals surface area (Å²) in [5.41, 5.74) is 0.835. The molecule has 7 heteroatoms. The number of hydrogen-bond donors (Lipinski definition) is 1. The van der Waals surface area contributed by atoms with E-state index in [0.717, 1.165) is 12.8 Å². The topological polar surface area (TPSA) is 83.7 Å². The molecule has 0 heterocycles. The first kappa shape index (κ1) is 15.8. The normalized spacial score (nSPS) is 14.9. The summed E-state index contributed by atoms with van der Waals surface area (Å²) in [5.74, 6) is -0.143. The summed E-state index contributed by atoms with van der Waals surface area (Å²) in [6.07, 6.45) is 2.02. The van der Waals surface area contributed by atoms with E-state index in [-0.39, 0.29) is 16.8 Å². The molecule has 0 spiro atoms. The van der Waals surface area contributed by atoms with E-state index in [0.29, 0.717) is 17.8 Å². The number of hydrogen-bond acceptors (Lipinski definition) is 4. The van der Waals surface area contributed by atoms with Crippen molar-refractivity contribution in [3.8, 4) is 0 Å². The van der Waals surface area contributed by atoms with Crippen LogP contribution in [0.2, 0.25) is 0 Å². The van der Waals surface area contributed by atoms with Gasteiger partial charge in [-0.25, -0.2) is 13.6 Å². The summed E-state index contributed by atoms with van der Waals surface area (Å²) in [6.45, 7) is 2.54. The van der Waals surface area contributed by atoms with E-state index < -0.39 is 10.0 Å². The Kier molecular flexibility index (Phi) is 4.25. The molecule has 21 heavy (non-hydrogen) atoms. The summed E-state index contributed by atoms with van der Waals surface area (Å²) in [5, 5.41) is 5.27. The van der Waals surface area contributed by atoms with Crippen LogP contribution in [-0.4, -0.2) is 45.9 Å². The fourth-order valence-corrected chi connectivity index (χ4v) is 3.20. The second-order valence-electron chi connectivity index (χ2n) is 5.44. The average Bonchev–Trinajstić information content (AvgIpc) is 3.22. The molecule has 6 nitrogen and oxygen atoms in total. The van der Waals surface area contributed by atoms with Crippen molar-refractivity contribution in [2.45, 2.75) is 30.7 Å². The van der Waals surface area contributed by atoms with Gasteiger partial charge in [0.05, 0.1) is 5.69 Å². The molecule has 2 N–H and O–H groups in total. The lowest BCUT2D eigenvalue weighted by molar-refractivity contribution is 0.0752. The second kappa shape index (κ2) is 5.65. The number of anilines is 1. The largest absolute Gasteiger partial charge is 0.377 e. The maximum absolute atomic E-state index is 12.5. The van der Waals surface area contributed by atoms with E-state index in [1.165, 1.54) is 6.07 Å². The van der Waals surface area contributed by atoms with Gasteiger partial charge in [0.15, 0.2) is 0 Å². The Hall–Kier alpha value is -1.60. The van der Waals surface area contributed by atoms with Gasteiger partial charge < -0.3 is 9.80 Å². The third-order valence-corrected chi connectivity index (χ3v) is 4.52. The number of nitrogens with zero attached hydrogens (tertiary/aromatic N) is 2. The van der Waals surface area contributed by atoms with Crippen molar-refractivity contribution < 1.29 is 13.2 Å². The summed E-state index contributed by atoms with van der Waals surface area (Å²) in [7, 11) is -0.424. The molecular weight excluding hydrogens is 290 g/mol. The van der Waals surface area contributed by atoms with E-state index in [4.69, 9.17) is 5.14 Å². The van der Waals surface area contributed by atoms with Gasteiger partial charge in [-0.15, -0.1) is 0 Å². The molecule has 1 aromatic rings. The zero-order valence-corrected chi connectivity index (χ0v) is 13.4. The van der Waals surface area contributed by atoms with Crippen LogP contribution in [0.5, 0.6) is 0 Å². The van der Waals surface area contributed by atoms with Gasteiger partial charge in [0.25, 0.3) is 5.91 Å². The van der Waals surface area contributed by atoms with Crippen molar-refractivity contribution in [1.82, 2.24) is 4.90 Å². The Morgan fingerprint density at radius 2 is 1.95 bits per heavy atom. The number of amides is 1. The number of benzene rings is 1. The molecule has 0 aliphatic heterocycles.